The fourth-order valence-corrected chi connectivity index (χ4v) is 2.33. The van der Waals surface area contributed by atoms with Crippen molar-refractivity contribution in [2.45, 2.75) is 19.8 Å². The molecule has 0 aliphatic carbocycles. The molecule has 2 N–H and O–H groups in total. The van der Waals surface area contributed by atoms with E-state index in [0.29, 0.717) is 6.54 Å². The third-order valence-corrected chi connectivity index (χ3v) is 3.57. The molecule has 0 aliphatic rings. The molecule has 1 aromatic heterocycles. The maximum atomic E-state index is 10.5. The summed E-state index contributed by atoms with van der Waals surface area (Å²) in [5, 5.41) is 14.5. The van der Waals surface area contributed by atoms with Crippen LogP contribution in [-0.2, 0) is 4.79 Å². The van der Waals surface area contributed by atoms with Gasteiger partial charge in [0.2, 0.25) is 0 Å². The predicted molar refractivity (Wildman–Crippen MR) is 64.3 cm³/mol. The van der Waals surface area contributed by atoms with Crippen molar-refractivity contribution < 1.29 is 9.90 Å². The topological polar surface area (TPSA) is 62.2 Å². The largest absolute Gasteiger partial charge is 0.481 e. The van der Waals surface area contributed by atoms with Crippen molar-refractivity contribution >= 4 is 38.4 Å². The minimum absolute atomic E-state index is 0.158. The normalized spacial score (nSPS) is 12.4. The van der Waals surface area contributed by atoms with E-state index in [-0.39, 0.29) is 12.3 Å². The minimum atomic E-state index is -0.746. The first kappa shape index (κ1) is 12.4. The zero-order valence-corrected chi connectivity index (χ0v) is 10.8. The van der Waals surface area contributed by atoms with Gasteiger partial charge in [-0.05, 0) is 21.8 Å². The molecule has 0 saturated heterocycles. The van der Waals surface area contributed by atoms with Gasteiger partial charge in [0, 0.05) is 18.3 Å². The van der Waals surface area contributed by atoms with Crippen molar-refractivity contribution in [2.75, 3.05) is 11.9 Å². The Morgan fingerprint density at radius 2 is 2.53 bits per heavy atom. The Balaban J connectivity index is 2.37. The fraction of sp³-hybridized carbons (Fsp3) is 0.556. The van der Waals surface area contributed by atoms with E-state index in [1.54, 1.807) is 0 Å². The number of carbonyl (C=O) groups is 1. The number of aromatic nitrogens is 1. The molecule has 1 rings (SSSR count). The van der Waals surface area contributed by atoms with E-state index in [1.165, 1.54) is 11.3 Å². The Bertz CT molecular complexity index is 330. The summed E-state index contributed by atoms with van der Waals surface area (Å²) in [4.78, 5) is 14.7. The number of nitrogens with one attached hydrogen (secondary N) is 1. The van der Waals surface area contributed by atoms with E-state index in [2.05, 4.69) is 26.2 Å². The summed E-state index contributed by atoms with van der Waals surface area (Å²) >= 11 is 4.77. The number of halogens is 1. The Labute approximate surface area is 101 Å². The number of thiazole rings is 1. The van der Waals surface area contributed by atoms with Crippen LogP contribution in [0.2, 0.25) is 0 Å². The molecule has 4 nitrogen and oxygen atoms in total. The van der Waals surface area contributed by atoms with Crippen LogP contribution in [0.5, 0.6) is 0 Å². The van der Waals surface area contributed by atoms with E-state index in [1.807, 2.05) is 12.3 Å². The van der Waals surface area contributed by atoms with Crippen LogP contribution in [-0.4, -0.2) is 22.6 Å². The lowest BCUT2D eigenvalue weighted by atomic mass is 10.0. The maximum absolute atomic E-state index is 10.5. The second kappa shape index (κ2) is 6.07. The van der Waals surface area contributed by atoms with E-state index in [4.69, 9.17) is 5.11 Å². The number of anilines is 1. The number of hydrogen-bond donors (Lipinski definition) is 2. The minimum Gasteiger partial charge on any atom is -0.481 e. The zero-order valence-electron chi connectivity index (χ0n) is 8.36. The van der Waals surface area contributed by atoms with Crippen LogP contribution >= 0.6 is 27.3 Å². The summed E-state index contributed by atoms with van der Waals surface area (Å²) in [6.45, 7) is 2.65. The number of carboxylic acids is 1. The van der Waals surface area contributed by atoms with Crippen molar-refractivity contribution in [2.24, 2.45) is 5.92 Å². The van der Waals surface area contributed by atoms with Gasteiger partial charge in [0.05, 0.1) is 0 Å². The van der Waals surface area contributed by atoms with Gasteiger partial charge in [-0.25, -0.2) is 4.98 Å². The van der Waals surface area contributed by atoms with Gasteiger partial charge in [-0.1, -0.05) is 13.3 Å². The zero-order chi connectivity index (χ0) is 11.3. The maximum Gasteiger partial charge on any atom is 0.303 e. The lowest BCUT2D eigenvalue weighted by Gasteiger charge is -2.12. The van der Waals surface area contributed by atoms with Crippen molar-refractivity contribution in [3.05, 3.63) is 9.98 Å². The second-order valence-electron chi connectivity index (χ2n) is 3.23. The summed E-state index contributed by atoms with van der Waals surface area (Å²) in [6.07, 6.45) is 1.06. The van der Waals surface area contributed by atoms with Crippen LogP contribution in [0.4, 0.5) is 5.13 Å². The summed E-state index contributed by atoms with van der Waals surface area (Å²) in [7, 11) is 0. The SMILES string of the molecule is CCC(CNc1nc(Br)cs1)CC(=O)O. The third-order valence-electron chi connectivity index (χ3n) is 2.06. The van der Waals surface area contributed by atoms with Gasteiger partial charge in [-0.15, -0.1) is 11.3 Å². The van der Waals surface area contributed by atoms with Gasteiger partial charge in [0.1, 0.15) is 4.60 Å². The smallest absolute Gasteiger partial charge is 0.303 e. The highest BCUT2D eigenvalue weighted by Crippen LogP contribution is 2.20. The first-order valence-corrected chi connectivity index (χ1v) is 6.35. The molecule has 1 aromatic rings. The molecule has 0 radical (unpaired) electrons. The summed E-state index contributed by atoms with van der Waals surface area (Å²) in [5.74, 6) is -0.589. The van der Waals surface area contributed by atoms with Gasteiger partial charge < -0.3 is 10.4 Å². The molecule has 0 spiro atoms. The molecular formula is C9H13BrN2O2S. The number of nitrogens with zero attached hydrogens (tertiary/aromatic N) is 1. The Morgan fingerprint density at radius 3 is 3.00 bits per heavy atom. The average Bonchev–Trinajstić information content (AvgIpc) is 2.58. The van der Waals surface area contributed by atoms with E-state index < -0.39 is 5.97 Å². The van der Waals surface area contributed by atoms with Crippen LogP contribution in [0.15, 0.2) is 9.98 Å². The molecule has 84 valence electrons. The van der Waals surface area contributed by atoms with Gasteiger partial charge >= 0.3 is 5.97 Å². The molecule has 0 aliphatic heterocycles. The highest BCUT2D eigenvalue weighted by molar-refractivity contribution is 9.10. The number of rotatable bonds is 6. The number of carboxylic acid groups (broad SMARTS) is 1. The van der Waals surface area contributed by atoms with Crippen LogP contribution in [0.25, 0.3) is 0 Å². The summed E-state index contributed by atoms with van der Waals surface area (Å²) in [5.41, 5.74) is 0. The number of hydrogen-bond acceptors (Lipinski definition) is 4. The first-order chi connectivity index (χ1) is 7.11. The molecule has 1 heterocycles. The Kier molecular flexibility index (Phi) is 5.04. The monoisotopic (exact) mass is 292 g/mol. The molecule has 0 saturated carbocycles. The number of aliphatic carboxylic acids is 1. The van der Waals surface area contributed by atoms with Crippen LogP contribution in [0, 0.1) is 5.92 Å². The molecule has 6 heteroatoms. The van der Waals surface area contributed by atoms with Gasteiger partial charge in [-0.2, -0.15) is 0 Å². The van der Waals surface area contributed by atoms with Crippen molar-refractivity contribution in [1.82, 2.24) is 4.98 Å². The third kappa shape index (κ3) is 4.61. The van der Waals surface area contributed by atoms with Gasteiger partial charge in [0.15, 0.2) is 5.13 Å². The Hall–Kier alpha value is -0.620. The summed E-state index contributed by atoms with van der Waals surface area (Å²) in [6, 6.07) is 0. The highest BCUT2D eigenvalue weighted by atomic mass is 79.9. The average molecular weight is 293 g/mol. The van der Waals surface area contributed by atoms with Crippen LogP contribution in [0.1, 0.15) is 19.8 Å². The molecule has 0 aromatic carbocycles. The van der Waals surface area contributed by atoms with E-state index in [0.717, 1.165) is 16.2 Å². The second-order valence-corrected chi connectivity index (χ2v) is 4.90. The lowest BCUT2D eigenvalue weighted by molar-refractivity contribution is -0.138. The predicted octanol–water partition coefficient (Wildman–Crippen LogP) is 2.82. The van der Waals surface area contributed by atoms with E-state index in [9.17, 15) is 4.79 Å². The highest BCUT2D eigenvalue weighted by Gasteiger charge is 2.11. The first-order valence-electron chi connectivity index (χ1n) is 4.68. The Morgan fingerprint density at radius 1 is 1.80 bits per heavy atom. The molecule has 0 bridgehead atoms. The van der Waals surface area contributed by atoms with Crippen molar-refractivity contribution in [3.63, 3.8) is 0 Å². The van der Waals surface area contributed by atoms with Crippen LogP contribution < -0.4 is 5.32 Å². The molecule has 15 heavy (non-hydrogen) atoms. The van der Waals surface area contributed by atoms with Gasteiger partial charge in [0.25, 0.3) is 0 Å². The quantitative estimate of drug-likeness (QED) is 0.846. The molecule has 0 amide bonds. The molecule has 1 unspecified atom stereocenters. The summed E-state index contributed by atoms with van der Waals surface area (Å²) < 4.78 is 0.807. The molecular weight excluding hydrogens is 280 g/mol. The van der Waals surface area contributed by atoms with Crippen LogP contribution in [0.3, 0.4) is 0 Å². The molecule has 1 atom stereocenters. The van der Waals surface area contributed by atoms with Crippen molar-refractivity contribution in [3.8, 4) is 0 Å². The molecule has 0 fully saturated rings. The van der Waals surface area contributed by atoms with E-state index >= 15 is 0 Å². The fourth-order valence-electron chi connectivity index (χ4n) is 1.17. The lowest BCUT2D eigenvalue weighted by Crippen LogP contribution is -2.17. The van der Waals surface area contributed by atoms with Gasteiger partial charge in [-0.3, -0.25) is 4.79 Å². The van der Waals surface area contributed by atoms with Crippen molar-refractivity contribution in [1.29, 1.82) is 0 Å². The standard InChI is InChI=1S/C9H13BrN2O2S/c1-2-6(3-8(13)14)4-11-9-12-7(10)5-15-9/h5-6H,2-4H2,1H3,(H,11,12)(H,13,14).